The quantitative estimate of drug-likeness (QED) is 0.286. The molecule has 4 rings (SSSR count). The van der Waals surface area contributed by atoms with Crippen LogP contribution >= 0.6 is 0 Å². The molecule has 1 aliphatic heterocycles. The van der Waals surface area contributed by atoms with E-state index in [1.54, 1.807) is 24.3 Å². The van der Waals surface area contributed by atoms with Crippen LogP contribution in [0.25, 0.3) is 5.57 Å². The molecule has 37 heavy (non-hydrogen) atoms. The molecule has 3 N–H and O–H groups in total. The van der Waals surface area contributed by atoms with Gasteiger partial charge < -0.3 is 25.2 Å². The minimum atomic E-state index is -1.14. The van der Waals surface area contributed by atoms with Gasteiger partial charge in [-0.25, -0.2) is 0 Å². The first-order chi connectivity index (χ1) is 18.0. The number of aliphatic hydroxyl groups is 1. The van der Waals surface area contributed by atoms with Crippen LogP contribution in [0.4, 0.5) is 11.4 Å². The van der Waals surface area contributed by atoms with Gasteiger partial charge in [0.2, 0.25) is 5.91 Å². The molecule has 1 aliphatic rings. The van der Waals surface area contributed by atoms with Crippen molar-refractivity contribution >= 4 is 28.8 Å². The summed E-state index contributed by atoms with van der Waals surface area (Å²) in [6, 6.07) is 20.8. The summed E-state index contributed by atoms with van der Waals surface area (Å²) in [6.45, 7) is 5.07. The van der Waals surface area contributed by atoms with Crippen molar-refractivity contribution in [1.29, 1.82) is 0 Å². The Bertz CT molecular complexity index is 1260. The van der Waals surface area contributed by atoms with E-state index in [9.17, 15) is 14.7 Å². The van der Waals surface area contributed by atoms with Gasteiger partial charge in [0.15, 0.2) is 0 Å². The lowest BCUT2D eigenvalue weighted by molar-refractivity contribution is -0.124. The van der Waals surface area contributed by atoms with Crippen LogP contribution in [-0.2, 0) is 16.0 Å². The average molecular weight is 499 g/mol. The number of aliphatic hydroxyl groups excluding tert-OH is 1. The SMILES string of the molecule is CCOc1ccc(C(=C/C=C/C(=O)Nc2cccc3c2CC(O)C(=O)N3)c2ccc(OCC)cc2)cc1. The zero-order valence-electron chi connectivity index (χ0n) is 20.9. The number of ether oxygens (including phenoxy) is 2. The molecule has 0 aliphatic carbocycles. The molecule has 0 aromatic heterocycles. The van der Waals surface area contributed by atoms with Gasteiger partial charge in [0.05, 0.1) is 13.2 Å². The van der Waals surface area contributed by atoms with Crippen LogP contribution in [0, 0.1) is 0 Å². The van der Waals surface area contributed by atoms with Gasteiger partial charge in [-0.05, 0) is 66.9 Å². The maximum absolute atomic E-state index is 12.7. The summed E-state index contributed by atoms with van der Waals surface area (Å²) < 4.78 is 11.1. The van der Waals surface area contributed by atoms with Crippen LogP contribution in [0.1, 0.15) is 30.5 Å². The van der Waals surface area contributed by atoms with Crippen molar-refractivity contribution < 1.29 is 24.2 Å². The third-order valence-electron chi connectivity index (χ3n) is 5.86. The normalized spacial score (nSPS) is 14.5. The Hall–Kier alpha value is -4.36. The molecule has 1 unspecified atom stereocenters. The third-order valence-corrected chi connectivity index (χ3v) is 5.86. The first-order valence-corrected chi connectivity index (χ1v) is 12.2. The van der Waals surface area contributed by atoms with Gasteiger partial charge in [0, 0.05) is 29.4 Å². The van der Waals surface area contributed by atoms with Gasteiger partial charge >= 0.3 is 0 Å². The van der Waals surface area contributed by atoms with Crippen LogP contribution < -0.4 is 20.1 Å². The van der Waals surface area contributed by atoms with Crippen molar-refractivity contribution in [3.63, 3.8) is 0 Å². The maximum Gasteiger partial charge on any atom is 0.253 e. The lowest BCUT2D eigenvalue weighted by atomic mass is 9.97. The Morgan fingerprint density at radius 2 is 1.57 bits per heavy atom. The highest BCUT2D eigenvalue weighted by Crippen LogP contribution is 2.30. The second-order valence-electron chi connectivity index (χ2n) is 8.38. The lowest BCUT2D eigenvalue weighted by Gasteiger charge is -2.23. The van der Waals surface area contributed by atoms with Crippen molar-refractivity contribution in [2.75, 3.05) is 23.8 Å². The molecular formula is C30H30N2O5. The Morgan fingerprint density at radius 3 is 2.14 bits per heavy atom. The number of carbonyl (C=O) groups is 2. The number of hydrogen-bond donors (Lipinski definition) is 3. The first-order valence-electron chi connectivity index (χ1n) is 12.2. The number of allylic oxidation sites excluding steroid dienone is 2. The fraction of sp³-hybridized carbons (Fsp3) is 0.200. The molecule has 0 fully saturated rings. The Balaban J connectivity index is 1.56. The Kier molecular flexibility index (Phi) is 8.38. The largest absolute Gasteiger partial charge is 0.494 e. The molecule has 3 aromatic carbocycles. The summed E-state index contributed by atoms with van der Waals surface area (Å²) >= 11 is 0. The van der Waals surface area contributed by atoms with Crippen LogP contribution in [0.3, 0.4) is 0 Å². The summed E-state index contributed by atoms with van der Waals surface area (Å²) in [5.41, 5.74) is 4.70. The highest BCUT2D eigenvalue weighted by atomic mass is 16.5. The van der Waals surface area contributed by atoms with E-state index in [2.05, 4.69) is 10.6 Å². The number of amides is 2. The van der Waals surface area contributed by atoms with E-state index >= 15 is 0 Å². The molecule has 1 heterocycles. The highest BCUT2D eigenvalue weighted by molar-refractivity contribution is 6.03. The fourth-order valence-electron chi connectivity index (χ4n) is 4.10. The standard InChI is InChI=1S/C30H30N2O5/c1-3-36-22-15-11-20(12-16-22)24(21-13-17-23(18-14-21)37-4-2)7-5-10-29(34)31-26-8-6-9-27-25(26)19-28(33)30(35)32-27/h5-18,28,33H,3-4,19H2,1-2H3,(H,31,34)(H,32,35)/b10-5+. The van der Waals surface area contributed by atoms with E-state index in [1.807, 2.05) is 68.5 Å². The van der Waals surface area contributed by atoms with E-state index in [1.165, 1.54) is 6.08 Å². The molecular weight excluding hydrogens is 468 g/mol. The number of anilines is 2. The zero-order chi connectivity index (χ0) is 26.2. The summed E-state index contributed by atoms with van der Waals surface area (Å²) in [6.07, 6.45) is 4.02. The minimum absolute atomic E-state index is 0.140. The van der Waals surface area contributed by atoms with Crippen LogP contribution in [0.15, 0.2) is 85.0 Å². The van der Waals surface area contributed by atoms with E-state index in [0.29, 0.717) is 30.2 Å². The lowest BCUT2D eigenvalue weighted by Crippen LogP contribution is -2.34. The summed E-state index contributed by atoms with van der Waals surface area (Å²) in [4.78, 5) is 24.5. The van der Waals surface area contributed by atoms with Crippen LogP contribution in [0.2, 0.25) is 0 Å². The van der Waals surface area contributed by atoms with Crippen molar-refractivity contribution in [3.05, 3.63) is 102 Å². The number of carbonyl (C=O) groups excluding carboxylic acids is 2. The highest BCUT2D eigenvalue weighted by Gasteiger charge is 2.26. The molecule has 1 atom stereocenters. The summed E-state index contributed by atoms with van der Waals surface area (Å²) in [5.74, 6) is 0.810. The Labute approximate surface area is 216 Å². The minimum Gasteiger partial charge on any atom is -0.494 e. The molecule has 190 valence electrons. The smallest absolute Gasteiger partial charge is 0.253 e. The van der Waals surface area contributed by atoms with E-state index < -0.39 is 12.0 Å². The molecule has 0 bridgehead atoms. The van der Waals surface area contributed by atoms with Crippen molar-refractivity contribution in [2.24, 2.45) is 0 Å². The van der Waals surface area contributed by atoms with E-state index in [0.717, 1.165) is 28.2 Å². The van der Waals surface area contributed by atoms with Crippen LogP contribution in [-0.4, -0.2) is 36.2 Å². The van der Waals surface area contributed by atoms with Gasteiger partial charge in [-0.2, -0.15) is 0 Å². The molecule has 0 saturated heterocycles. The molecule has 0 spiro atoms. The van der Waals surface area contributed by atoms with Gasteiger partial charge in [0.25, 0.3) is 5.91 Å². The summed E-state index contributed by atoms with van der Waals surface area (Å²) in [5, 5.41) is 15.4. The number of fused-ring (bicyclic) bond motifs is 1. The monoisotopic (exact) mass is 498 g/mol. The predicted molar refractivity (Wildman–Crippen MR) is 145 cm³/mol. The van der Waals surface area contributed by atoms with Gasteiger partial charge in [-0.15, -0.1) is 0 Å². The molecule has 7 nitrogen and oxygen atoms in total. The van der Waals surface area contributed by atoms with E-state index in [4.69, 9.17) is 9.47 Å². The predicted octanol–water partition coefficient (Wildman–Crippen LogP) is 4.97. The second-order valence-corrected chi connectivity index (χ2v) is 8.38. The maximum atomic E-state index is 12.7. The Morgan fingerprint density at radius 1 is 0.973 bits per heavy atom. The summed E-state index contributed by atoms with van der Waals surface area (Å²) in [7, 11) is 0. The second kappa shape index (κ2) is 12.1. The van der Waals surface area contributed by atoms with Gasteiger partial charge in [0.1, 0.15) is 17.6 Å². The van der Waals surface area contributed by atoms with Crippen molar-refractivity contribution in [1.82, 2.24) is 0 Å². The first kappa shape index (κ1) is 25.7. The molecule has 7 heteroatoms. The van der Waals surface area contributed by atoms with Crippen molar-refractivity contribution in [3.8, 4) is 11.5 Å². The fourth-order valence-corrected chi connectivity index (χ4v) is 4.10. The topological polar surface area (TPSA) is 96.9 Å². The van der Waals surface area contributed by atoms with Crippen LogP contribution in [0.5, 0.6) is 11.5 Å². The third kappa shape index (κ3) is 6.45. The number of rotatable bonds is 9. The van der Waals surface area contributed by atoms with Gasteiger partial charge in [-0.1, -0.05) is 42.5 Å². The van der Waals surface area contributed by atoms with Crippen molar-refractivity contribution in [2.45, 2.75) is 26.4 Å². The average Bonchev–Trinajstić information content (AvgIpc) is 2.89. The zero-order valence-corrected chi connectivity index (χ0v) is 20.9. The molecule has 3 aromatic rings. The number of hydrogen-bond acceptors (Lipinski definition) is 5. The van der Waals surface area contributed by atoms with Gasteiger partial charge in [-0.3, -0.25) is 9.59 Å². The number of benzene rings is 3. The molecule has 2 amide bonds. The molecule has 0 radical (unpaired) electrons. The number of nitrogens with one attached hydrogen (secondary N) is 2. The van der Waals surface area contributed by atoms with E-state index in [-0.39, 0.29) is 12.3 Å². The molecule has 0 saturated carbocycles.